The normalized spacial score (nSPS) is 10.9. The minimum Gasteiger partial charge on any atom is -0.490 e. The number of anilines is 1. The summed E-state index contributed by atoms with van der Waals surface area (Å²) >= 11 is 5.50. The summed E-state index contributed by atoms with van der Waals surface area (Å²) in [7, 11) is 0. The van der Waals surface area contributed by atoms with Gasteiger partial charge in [0.15, 0.2) is 18.1 Å². The number of rotatable bonds is 13. The molecule has 10 nitrogen and oxygen atoms in total. The van der Waals surface area contributed by atoms with E-state index < -0.39 is 11.8 Å². The number of hydrogen-bond acceptors (Lipinski definition) is 7. The highest BCUT2D eigenvalue weighted by molar-refractivity contribution is 14.1. The summed E-state index contributed by atoms with van der Waals surface area (Å²) in [5.41, 5.74) is 4.47. The van der Waals surface area contributed by atoms with Gasteiger partial charge in [-0.3, -0.25) is 14.4 Å². The Labute approximate surface area is 244 Å². The topological polar surface area (TPSA) is 127 Å². The second kappa shape index (κ2) is 16.3. The first-order valence-corrected chi connectivity index (χ1v) is 13.9. The zero-order chi connectivity index (χ0) is 28.1. The molecule has 12 heteroatoms. The molecule has 2 aromatic rings. The zero-order valence-electron chi connectivity index (χ0n) is 21.7. The molecule has 38 heavy (non-hydrogen) atoms. The van der Waals surface area contributed by atoms with Crippen LogP contribution in [0.25, 0.3) is 0 Å². The van der Waals surface area contributed by atoms with Gasteiger partial charge < -0.3 is 24.8 Å². The fraction of sp³-hybridized carbons (Fsp3) is 0.385. The first-order chi connectivity index (χ1) is 18.1. The summed E-state index contributed by atoms with van der Waals surface area (Å²) < 4.78 is 18.5. The van der Waals surface area contributed by atoms with Crippen molar-refractivity contribution in [3.05, 3.63) is 49.5 Å². The molecule has 0 saturated carbocycles. The Hall–Kier alpha value is -2.71. The van der Waals surface area contributed by atoms with Crippen LogP contribution in [0.4, 0.5) is 5.69 Å². The molecule has 0 spiro atoms. The molecule has 0 aliphatic carbocycles. The molecule has 0 radical (unpaired) electrons. The van der Waals surface area contributed by atoms with E-state index in [-0.39, 0.29) is 18.6 Å². The summed E-state index contributed by atoms with van der Waals surface area (Å²) in [4.78, 5) is 36.3. The summed E-state index contributed by atoms with van der Waals surface area (Å²) in [6, 6.07) is 8.93. The van der Waals surface area contributed by atoms with Gasteiger partial charge in [0.2, 0.25) is 0 Å². The number of carbonyl (C=O) groups is 3. The minimum atomic E-state index is -0.877. The second-order valence-corrected chi connectivity index (χ2v) is 10.3. The Morgan fingerprint density at radius 2 is 1.89 bits per heavy atom. The van der Waals surface area contributed by atoms with E-state index in [1.54, 1.807) is 18.2 Å². The van der Waals surface area contributed by atoms with Crippen molar-refractivity contribution in [2.75, 3.05) is 31.7 Å². The molecule has 0 atom stereocenters. The van der Waals surface area contributed by atoms with Gasteiger partial charge in [0.05, 0.1) is 22.5 Å². The number of nitrogens with zero attached hydrogens (tertiary/aromatic N) is 1. The maximum Gasteiger partial charge on any atom is 0.329 e. The van der Waals surface area contributed by atoms with Gasteiger partial charge in [-0.2, -0.15) is 5.10 Å². The van der Waals surface area contributed by atoms with Crippen molar-refractivity contribution in [3.8, 4) is 11.5 Å². The standard InChI is InChI=1S/C26H32BrIN4O6/c1-5-36-22-13-18(14-30-32-26(35)25(34)29-9-6-10-37-16(2)3)12-21(28)24(22)38-15-23(33)31-19-7-8-20(27)17(4)11-19/h7-8,11-14,16H,5-6,9-10,15H2,1-4H3,(H,29,34)(H,31,33)(H,32,35)/b30-14-. The van der Waals surface area contributed by atoms with Crippen molar-refractivity contribution in [2.45, 2.75) is 40.2 Å². The smallest absolute Gasteiger partial charge is 0.329 e. The predicted octanol–water partition coefficient (Wildman–Crippen LogP) is 4.16. The number of carbonyl (C=O) groups excluding carboxylic acids is 3. The van der Waals surface area contributed by atoms with Crippen molar-refractivity contribution in [3.63, 3.8) is 0 Å². The third kappa shape index (κ3) is 11.0. The maximum absolute atomic E-state index is 12.4. The van der Waals surface area contributed by atoms with E-state index in [0.29, 0.717) is 52.5 Å². The van der Waals surface area contributed by atoms with Crippen LogP contribution in [-0.4, -0.2) is 56.4 Å². The van der Waals surface area contributed by atoms with E-state index in [2.05, 4.69) is 59.7 Å². The molecular weight excluding hydrogens is 671 g/mol. The predicted molar refractivity (Wildman–Crippen MR) is 158 cm³/mol. The van der Waals surface area contributed by atoms with Gasteiger partial charge in [0, 0.05) is 23.3 Å². The number of benzene rings is 2. The molecule has 206 valence electrons. The van der Waals surface area contributed by atoms with Crippen LogP contribution in [0.3, 0.4) is 0 Å². The lowest BCUT2D eigenvalue weighted by molar-refractivity contribution is -0.139. The van der Waals surface area contributed by atoms with Crippen LogP contribution >= 0.6 is 38.5 Å². The van der Waals surface area contributed by atoms with E-state index in [0.717, 1.165) is 10.0 Å². The molecule has 3 N–H and O–H groups in total. The lowest BCUT2D eigenvalue weighted by Gasteiger charge is -2.15. The quantitative estimate of drug-likeness (QED) is 0.0947. The molecule has 0 aliphatic heterocycles. The molecule has 3 amide bonds. The Morgan fingerprint density at radius 1 is 1.13 bits per heavy atom. The first-order valence-electron chi connectivity index (χ1n) is 12.0. The fourth-order valence-corrected chi connectivity index (χ4v) is 4.04. The average molecular weight is 703 g/mol. The van der Waals surface area contributed by atoms with Gasteiger partial charge in [-0.25, -0.2) is 5.43 Å². The SMILES string of the molecule is CCOc1cc(/C=N\NC(=O)C(=O)NCCCOC(C)C)cc(I)c1OCC(=O)Nc1ccc(Br)c(C)c1. The van der Waals surface area contributed by atoms with Crippen LogP contribution in [0.5, 0.6) is 11.5 Å². The molecule has 0 aromatic heterocycles. The largest absolute Gasteiger partial charge is 0.490 e. The molecule has 0 aliphatic rings. The lowest BCUT2D eigenvalue weighted by atomic mass is 10.2. The van der Waals surface area contributed by atoms with Crippen molar-refractivity contribution < 1.29 is 28.6 Å². The van der Waals surface area contributed by atoms with E-state index in [1.807, 2.05) is 39.8 Å². The van der Waals surface area contributed by atoms with E-state index in [1.165, 1.54) is 6.21 Å². The number of hydrogen-bond donors (Lipinski definition) is 3. The zero-order valence-corrected chi connectivity index (χ0v) is 25.5. The Kier molecular flexibility index (Phi) is 13.5. The number of ether oxygens (including phenoxy) is 3. The Bertz CT molecular complexity index is 1160. The molecule has 2 rings (SSSR count). The Morgan fingerprint density at radius 3 is 2.58 bits per heavy atom. The highest BCUT2D eigenvalue weighted by Crippen LogP contribution is 2.34. The molecule has 0 bridgehead atoms. The van der Waals surface area contributed by atoms with Gasteiger partial charge in [-0.15, -0.1) is 0 Å². The van der Waals surface area contributed by atoms with Crippen LogP contribution < -0.4 is 25.5 Å². The number of hydrazone groups is 1. The van der Waals surface area contributed by atoms with Crippen molar-refractivity contribution in [2.24, 2.45) is 5.10 Å². The summed E-state index contributed by atoms with van der Waals surface area (Å²) in [6.45, 7) is 8.58. The highest BCUT2D eigenvalue weighted by atomic mass is 127. The summed E-state index contributed by atoms with van der Waals surface area (Å²) in [6.07, 6.45) is 2.10. The van der Waals surface area contributed by atoms with Crippen LogP contribution in [0.1, 0.15) is 38.3 Å². The van der Waals surface area contributed by atoms with Gasteiger partial charge in [-0.1, -0.05) is 15.9 Å². The fourth-order valence-electron chi connectivity index (χ4n) is 3.01. The minimum absolute atomic E-state index is 0.113. The summed E-state index contributed by atoms with van der Waals surface area (Å²) in [5.74, 6) is -1.14. The molecule has 2 aromatic carbocycles. The average Bonchev–Trinajstić information content (AvgIpc) is 2.85. The van der Waals surface area contributed by atoms with Crippen molar-refractivity contribution in [1.29, 1.82) is 0 Å². The van der Waals surface area contributed by atoms with Crippen LogP contribution in [0, 0.1) is 10.5 Å². The summed E-state index contributed by atoms with van der Waals surface area (Å²) in [5, 5.41) is 9.18. The van der Waals surface area contributed by atoms with Crippen LogP contribution in [-0.2, 0) is 19.1 Å². The van der Waals surface area contributed by atoms with E-state index in [9.17, 15) is 14.4 Å². The molecule has 0 saturated heterocycles. The van der Waals surface area contributed by atoms with Gasteiger partial charge in [0.1, 0.15) is 0 Å². The molecule has 0 heterocycles. The molecule has 0 fully saturated rings. The Balaban J connectivity index is 1.94. The monoisotopic (exact) mass is 702 g/mol. The third-order valence-corrected chi connectivity index (χ3v) is 6.46. The van der Waals surface area contributed by atoms with Crippen LogP contribution in [0.15, 0.2) is 39.9 Å². The number of halogens is 2. The highest BCUT2D eigenvalue weighted by Gasteiger charge is 2.15. The third-order valence-electron chi connectivity index (χ3n) is 4.76. The second-order valence-electron chi connectivity index (χ2n) is 8.29. The van der Waals surface area contributed by atoms with Crippen molar-refractivity contribution in [1.82, 2.24) is 10.7 Å². The van der Waals surface area contributed by atoms with Crippen molar-refractivity contribution >= 4 is 68.1 Å². The van der Waals surface area contributed by atoms with Gasteiger partial charge in [0.25, 0.3) is 5.91 Å². The van der Waals surface area contributed by atoms with Gasteiger partial charge in [-0.05, 0) is 98.2 Å². The molecular formula is C26H32BrIN4O6. The lowest BCUT2D eigenvalue weighted by Crippen LogP contribution is -2.38. The number of nitrogens with one attached hydrogen (secondary N) is 3. The number of amides is 3. The molecule has 0 unspecified atom stereocenters. The number of aryl methyl sites for hydroxylation is 1. The first kappa shape index (κ1) is 31.5. The van der Waals surface area contributed by atoms with E-state index in [4.69, 9.17) is 14.2 Å². The maximum atomic E-state index is 12.4. The van der Waals surface area contributed by atoms with E-state index >= 15 is 0 Å². The van der Waals surface area contributed by atoms with Crippen LogP contribution in [0.2, 0.25) is 0 Å². The van der Waals surface area contributed by atoms with Gasteiger partial charge >= 0.3 is 11.8 Å².